The number of carbonyl (C=O) groups is 2. The summed E-state index contributed by atoms with van der Waals surface area (Å²) in [6, 6.07) is 8.86. The fourth-order valence-corrected chi connectivity index (χ4v) is 1.70. The summed E-state index contributed by atoms with van der Waals surface area (Å²) in [6.07, 6.45) is 0.832. The van der Waals surface area contributed by atoms with Gasteiger partial charge in [-0.1, -0.05) is 44.2 Å². The fraction of sp³-hybridized carbons (Fsp3) is 0.429. The lowest BCUT2D eigenvalue weighted by atomic mass is 10.0. The minimum atomic E-state index is -0.640. The molecule has 4 nitrogen and oxygen atoms in total. The predicted octanol–water partition coefficient (Wildman–Crippen LogP) is 1.25. The van der Waals surface area contributed by atoms with Crippen molar-refractivity contribution in [2.75, 3.05) is 0 Å². The number of nitrogens with two attached hydrogens (primary N) is 1. The number of carbonyl (C=O) groups excluding carboxylic acids is 2. The number of rotatable bonds is 6. The lowest BCUT2D eigenvalue weighted by Crippen LogP contribution is -2.46. The molecule has 0 spiro atoms. The summed E-state index contributed by atoms with van der Waals surface area (Å²) < 4.78 is 0. The second-order valence-electron chi connectivity index (χ2n) is 4.81. The van der Waals surface area contributed by atoms with Crippen LogP contribution in [0, 0.1) is 5.92 Å². The first-order valence-corrected chi connectivity index (χ1v) is 6.11. The van der Waals surface area contributed by atoms with Gasteiger partial charge in [0.1, 0.15) is 6.04 Å². The van der Waals surface area contributed by atoms with E-state index in [2.05, 4.69) is 5.32 Å². The number of hydrogen-bond acceptors (Lipinski definition) is 2. The average molecular weight is 248 g/mol. The van der Waals surface area contributed by atoms with Crippen LogP contribution >= 0.6 is 0 Å². The molecule has 1 atom stereocenters. The fourth-order valence-electron chi connectivity index (χ4n) is 1.70. The normalized spacial score (nSPS) is 12.2. The van der Waals surface area contributed by atoms with Gasteiger partial charge in [-0.15, -0.1) is 0 Å². The molecule has 0 aliphatic rings. The van der Waals surface area contributed by atoms with Gasteiger partial charge < -0.3 is 11.1 Å². The zero-order chi connectivity index (χ0) is 13.5. The van der Waals surface area contributed by atoms with Gasteiger partial charge in [-0.3, -0.25) is 9.59 Å². The minimum absolute atomic E-state index is 0.135. The van der Waals surface area contributed by atoms with Crippen LogP contribution in [-0.4, -0.2) is 17.9 Å². The maximum atomic E-state index is 11.6. The molecule has 0 saturated carbocycles. The van der Waals surface area contributed by atoms with Gasteiger partial charge in [0, 0.05) is 12.8 Å². The van der Waals surface area contributed by atoms with Crippen LogP contribution in [-0.2, 0) is 16.0 Å². The molecule has 18 heavy (non-hydrogen) atoms. The number of amides is 2. The highest BCUT2D eigenvalue weighted by Gasteiger charge is 2.18. The highest BCUT2D eigenvalue weighted by molar-refractivity contribution is 5.86. The molecule has 1 aromatic rings. The zero-order valence-electron chi connectivity index (χ0n) is 10.8. The lowest BCUT2D eigenvalue weighted by molar-refractivity contribution is -0.127. The molecule has 0 aliphatic carbocycles. The SMILES string of the molecule is CC(C)CC(=O)N[C@@H](Cc1ccccc1)C(N)=O. The number of benzene rings is 1. The molecule has 0 saturated heterocycles. The summed E-state index contributed by atoms with van der Waals surface area (Å²) in [4.78, 5) is 23.0. The van der Waals surface area contributed by atoms with Crippen LogP contribution in [0.4, 0.5) is 0 Å². The number of primary amides is 1. The average Bonchev–Trinajstić information content (AvgIpc) is 2.28. The van der Waals surface area contributed by atoms with E-state index in [0.717, 1.165) is 5.56 Å². The van der Waals surface area contributed by atoms with Gasteiger partial charge in [0.2, 0.25) is 11.8 Å². The minimum Gasteiger partial charge on any atom is -0.368 e. The maximum absolute atomic E-state index is 11.6. The van der Waals surface area contributed by atoms with Crippen molar-refractivity contribution in [2.24, 2.45) is 11.7 Å². The zero-order valence-corrected chi connectivity index (χ0v) is 10.8. The molecule has 4 heteroatoms. The van der Waals surface area contributed by atoms with Crippen LogP contribution in [0.2, 0.25) is 0 Å². The van der Waals surface area contributed by atoms with Gasteiger partial charge in [0.15, 0.2) is 0 Å². The summed E-state index contributed by atoms with van der Waals surface area (Å²) in [5.74, 6) is -0.379. The molecule has 0 radical (unpaired) electrons. The third kappa shape index (κ3) is 4.99. The summed E-state index contributed by atoms with van der Waals surface area (Å²) in [6.45, 7) is 3.91. The first kappa shape index (κ1) is 14.2. The molecule has 0 bridgehead atoms. The van der Waals surface area contributed by atoms with E-state index in [-0.39, 0.29) is 11.8 Å². The Bertz CT molecular complexity index is 402. The lowest BCUT2D eigenvalue weighted by Gasteiger charge is -2.16. The Labute approximate surface area is 108 Å². The largest absolute Gasteiger partial charge is 0.368 e. The van der Waals surface area contributed by atoms with Gasteiger partial charge in [-0.05, 0) is 11.5 Å². The Hall–Kier alpha value is -1.84. The topological polar surface area (TPSA) is 72.2 Å². The first-order valence-electron chi connectivity index (χ1n) is 6.11. The van der Waals surface area contributed by atoms with E-state index in [1.165, 1.54) is 0 Å². The molecule has 2 amide bonds. The molecule has 0 fully saturated rings. The van der Waals surface area contributed by atoms with E-state index in [0.29, 0.717) is 12.8 Å². The van der Waals surface area contributed by atoms with Gasteiger partial charge in [0.25, 0.3) is 0 Å². The maximum Gasteiger partial charge on any atom is 0.240 e. The van der Waals surface area contributed by atoms with Crippen molar-refractivity contribution in [3.8, 4) is 0 Å². The summed E-state index contributed by atoms with van der Waals surface area (Å²) in [5.41, 5.74) is 6.29. The molecule has 0 aliphatic heterocycles. The van der Waals surface area contributed by atoms with E-state index < -0.39 is 11.9 Å². The number of hydrogen-bond donors (Lipinski definition) is 2. The summed E-state index contributed by atoms with van der Waals surface area (Å²) in [5, 5.41) is 2.68. The van der Waals surface area contributed by atoms with Crippen LogP contribution in [0.15, 0.2) is 30.3 Å². The summed E-state index contributed by atoms with van der Waals surface area (Å²) in [7, 11) is 0. The Morgan fingerprint density at radius 2 is 1.83 bits per heavy atom. The Morgan fingerprint density at radius 1 is 1.22 bits per heavy atom. The van der Waals surface area contributed by atoms with Crippen LogP contribution in [0.1, 0.15) is 25.8 Å². The second-order valence-corrected chi connectivity index (χ2v) is 4.81. The number of nitrogens with one attached hydrogen (secondary N) is 1. The van der Waals surface area contributed by atoms with Crippen LogP contribution in [0.3, 0.4) is 0 Å². The van der Waals surface area contributed by atoms with Crippen molar-refractivity contribution in [3.05, 3.63) is 35.9 Å². The predicted molar refractivity (Wildman–Crippen MR) is 70.7 cm³/mol. The Balaban J connectivity index is 2.61. The van der Waals surface area contributed by atoms with Crippen molar-refractivity contribution < 1.29 is 9.59 Å². The van der Waals surface area contributed by atoms with E-state index in [1.54, 1.807) is 0 Å². The third-order valence-electron chi connectivity index (χ3n) is 2.55. The van der Waals surface area contributed by atoms with Crippen molar-refractivity contribution in [3.63, 3.8) is 0 Å². The Morgan fingerprint density at radius 3 is 2.33 bits per heavy atom. The van der Waals surface area contributed by atoms with Crippen LogP contribution in [0.5, 0.6) is 0 Å². The second kappa shape index (κ2) is 6.79. The highest BCUT2D eigenvalue weighted by atomic mass is 16.2. The molecular formula is C14H20N2O2. The molecule has 98 valence electrons. The third-order valence-corrected chi connectivity index (χ3v) is 2.55. The van der Waals surface area contributed by atoms with E-state index in [4.69, 9.17) is 5.73 Å². The van der Waals surface area contributed by atoms with Crippen LogP contribution < -0.4 is 11.1 Å². The van der Waals surface area contributed by atoms with Gasteiger partial charge in [0.05, 0.1) is 0 Å². The highest BCUT2D eigenvalue weighted by Crippen LogP contribution is 2.04. The van der Waals surface area contributed by atoms with Gasteiger partial charge in [-0.25, -0.2) is 0 Å². The molecule has 0 heterocycles. The van der Waals surface area contributed by atoms with Gasteiger partial charge in [-0.2, -0.15) is 0 Å². The van der Waals surface area contributed by atoms with E-state index >= 15 is 0 Å². The van der Waals surface area contributed by atoms with E-state index in [1.807, 2.05) is 44.2 Å². The van der Waals surface area contributed by atoms with Crippen molar-refractivity contribution >= 4 is 11.8 Å². The smallest absolute Gasteiger partial charge is 0.240 e. The molecule has 0 aromatic heterocycles. The summed E-state index contributed by atoms with van der Waals surface area (Å²) >= 11 is 0. The molecular weight excluding hydrogens is 228 g/mol. The standard InChI is InChI=1S/C14H20N2O2/c1-10(2)8-13(17)16-12(14(15)18)9-11-6-4-3-5-7-11/h3-7,10,12H,8-9H2,1-2H3,(H2,15,18)(H,16,17)/t12-/m0/s1. The molecule has 3 N–H and O–H groups in total. The van der Waals surface area contributed by atoms with Gasteiger partial charge >= 0.3 is 0 Å². The van der Waals surface area contributed by atoms with Crippen molar-refractivity contribution in [2.45, 2.75) is 32.7 Å². The molecule has 1 aromatic carbocycles. The van der Waals surface area contributed by atoms with Crippen molar-refractivity contribution in [1.82, 2.24) is 5.32 Å². The van der Waals surface area contributed by atoms with E-state index in [9.17, 15) is 9.59 Å². The van der Waals surface area contributed by atoms with Crippen molar-refractivity contribution in [1.29, 1.82) is 0 Å². The molecule has 1 rings (SSSR count). The van der Waals surface area contributed by atoms with Crippen LogP contribution in [0.25, 0.3) is 0 Å². The monoisotopic (exact) mass is 248 g/mol. The Kier molecular flexibility index (Phi) is 5.36. The quantitative estimate of drug-likeness (QED) is 0.795. The molecule has 0 unspecified atom stereocenters. The first-order chi connectivity index (χ1) is 8.49.